The van der Waals surface area contributed by atoms with E-state index >= 15 is 0 Å². The number of hydrogen-bond acceptors (Lipinski definition) is 4. The molecular formula is C19H20FN3O3S. The predicted octanol–water partition coefficient (Wildman–Crippen LogP) is 3.59. The van der Waals surface area contributed by atoms with Gasteiger partial charge in [-0.1, -0.05) is 13.0 Å². The van der Waals surface area contributed by atoms with Gasteiger partial charge in [0.05, 0.1) is 17.0 Å². The number of carbonyl (C=O) groups excluding carboxylic acids is 1. The highest BCUT2D eigenvalue weighted by molar-refractivity contribution is 7.92. The normalized spacial score (nSPS) is 11.7. The smallest absolute Gasteiger partial charge is 0.232 e. The Morgan fingerprint density at radius 1 is 1.30 bits per heavy atom. The molecule has 0 aliphatic heterocycles. The number of H-pyrrole nitrogens is 1. The van der Waals surface area contributed by atoms with Gasteiger partial charge < -0.3 is 4.98 Å². The zero-order valence-corrected chi connectivity index (χ0v) is 15.9. The molecule has 0 aliphatic rings. The zero-order chi connectivity index (χ0) is 19.6. The number of aromatic nitrogens is 2. The fourth-order valence-corrected chi connectivity index (χ4v) is 4.07. The molecule has 6 nitrogen and oxygen atoms in total. The number of carbonyl (C=O) groups is 1. The van der Waals surface area contributed by atoms with Crippen LogP contribution in [0.25, 0.3) is 11.0 Å². The number of rotatable bonds is 7. The summed E-state index contributed by atoms with van der Waals surface area (Å²) in [5, 5.41) is 0.860. The molecular weight excluding hydrogens is 369 g/mol. The van der Waals surface area contributed by atoms with E-state index < -0.39 is 21.6 Å². The van der Waals surface area contributed by atoms with Crippen LogP contribution in [0.5, 0.6) is 0 Å². The van der Waals surface area contributed by atoms with Crippen LogP contribution in [0.4, 0.5) is 10.1 Å². The molecule has 2 N–H and O–H groups in total. The molecule has 0 unspecified atom stereocenters. The molecule has 0 atom stereocenters. The third-order valence-electron chi connectivity index (χ3n) is 4.19. The van der Waals surface area contributed by atoms with Crippen LogP contribution >= 0.6 is 0 Å². The molecule has 0 spiro atoms. The molecule has 27 heavy (non-hydrogen) atoms. The van der Waals surface area contributed by atoms with Crippen molar-refractivity contribution < 1.29 is 17.6 Å². The summed E-state index contributed by atoms with van der Waals surface area (Å²) in [6.45, 7) is 3.34. The van der Waals surface area contributed by atoms with Crippen LogP contribution in [0.2, 0.25) is 0 Å². The lowest BCUT2D eigenvalue weighted by molar-refractivity contribution is 0.0988. The van der Waals surface area contributed by atoms with E-state index in [2.05, 4.69) is 14.7 Å². The van der Waals surface area contributed by atoms with E-state index in [1.54, 1.807) is 26.2 Å². The predicted molar refractivity (Wildman–Crippen MR) is 103 cm³/mol. The number of benzene rings is 1. The third kappa shape index (κ3) is 4.16. The van der Waals surface area contributed by atoms with Gasteiger partial charge in [-0.05, 0) is 42.7 Å². The standard InChI is InChI=1S/C19H20FN3O3S/c1-3-8-27(25,26)23-15-5-4-12(2)17(18(15)20)16(24)10-13-9-14-6-7-21-19(14)22-11-13/h4-7,9,11,23H,3,8,10H2,1-2H3,(H,21,22). The van der Waals surface area contributed by atoms with E-state index in [1.165, 1.54) is 12.1 Å². The lowest BCUT2D eigenvalue weighted by Gasteiger charge is -2.13. The van der Waals surface area contributed by atoms with Gasteiger partial charge in [0.15, 0.2) is 11.6 Å². The largest absolute Gasteiger partial charge is 0.346 e. The number of sulfonamides is 1. The van der Waals surface area contributed by atoms with Gasteiger partial charge in [0.2, 0.25) is 10.0 Å². The van der Waals surface area contributed by atoms with E-state index in [9.17, 15) is 17.6 Å². The van der Waals surface area contributed by atoms with Crippen molar-refractivity contribution in [2.75, 3.05) is 10.5 Å². The Kier molecular flexibility index (Phi) is 5.27. The van der Waals surface area contributed by atoms with Crippen molar-refractivity contribution >= 4 is 32.5 Å². The molecule has 0 amide bonds. The lowest BCUT2D eigenvalue weighted by atomic mass is 9.98. The molecule has 3 rings (SSSR count). The van der Waals surface area contributed by atoms with Crippen molar-refractivity contribution in [1.29, 1.82) is 0 Å². The molecule has 0 bridgehead atoms. The van der Waals surface area contributed by atoms with Gasteiger partial charge in [0.1, 0.15) is 5.65 Å². The molecule has 0 saturated heterocycles. The summed E-state index contributed by atoms with van der Waals surface area (Å²) in [6, 6.07) is 6.53. The number of halogens is 1. The molecule has 0 radical (unpaired) electrons. The van der Waals surface area contributed by atoms with Gasteiger partial charge in [-0.25, -0.2) is 17.8 Å². The Morgan fingerprint density at radius 3 is 2.81 bits per heavy atom. The van der Waals surface area contributed by atoms with E-state index in [0.29, 0.717) is 23.2 Å². The first-order valence-corrected chi connectivity index (χ1v) is 10.2. The summed E-state index contributed by atoms with van der Waals surface area (Å²) in [5.41, 5.74) is 1.49. The first-order chi connectivity index (χ1) is 12.8. The number of pyridine rings is 1. The minimum atomic E-state index is -3.65. The second-order valence-corrected chi connectivity index (χ2v) is 8.24. The van der Waals surface area contributed by atoms with Crippen molar-refractivity contribution in [3.8, 4) is 0 Å². The van der Waals surface area contributed by atoms with Gasteiger partial charge in [0, 0.05) is 24.2 Å². The second-order valence-electron chi connectivity index (χ2n) is 6.40. The van der Waals surface area contributed by atoms with Gasteiger partial charge in [-0.2, -0.15) is 0 Å². The molecule has 0 aliphatic carbocycles. The number of aryl methyl sites for hydroxylation is 1. The summed E-state index contributed by atoms with van der Waals surface area (Å²) in [7, 11) is -3.65. The summed E-state index contributed by atoms with van der Waals surface area (Å²) >= 11 is 0. The Labute approximate surface area is 156 Å². The SMILES string of the molecule is CCCS(=O)(=O)Nc1ccc(C)c(C(=O)Cc2cnc3[nH]ccc3c2)c1F. The van der Waals surface area contributed by atoms with Crippen LogP contribution in [0, 0.1) is 12.7 Å². The monoisotopic (exact) mass is 389 g/mol. The highest BCUT2D eigenvalue weighted by Gasteiger charge is 2.21. The number of fused-ring (bicyclic) bond motifs is 1. The summed E-state index contributed by atoms with van der Waals surface area (Å²) in [6.07, 6.45) is 3.69. The number of hydrogen-bond donors (Lipinski definition) is 2. The van der Waals surface area contributed by atoms with Crippen molar-refractivity contribution in [2.45, 2.75) is 26.7 Å². The second kappa shape index (κ2) is 7.48. The number of ketones is 1. The molecule has 3 aromatic rings. The fraction of sp³-hybridized carbons (Fsp3) is 0.263. The van der Waals surface area contributed by atoms with E-state index in [4.69, 9.17) is 0 Å². The van der Waals surface area contributed by atoms with Crippen LogP contribution in [-0.4, -0.2) is 29.9 Å². The van der Waals surface area contributed by atoms with Crippen molar-refractivity contribution in [1.82, 2.24) is 9.97 Å². The topological polar surface area (TPSA) is 91.9 Å². The Bertz CT molecular complexity index is 1110. The van der Waals surface area contributed by atoms with Gasteiger partial charge in [0.25, 0.3) is 0 Å². The Balaban J connectivity index is 1.90. The minimum Gasteiger partial charge on any atom is -0.346 e. The van der Waals surface area contributed by atoms with Crippen LogP contribution < -0.4 is 4.72 Å². The molecule has 0 saturated carbocycles. The number of nitrogens with zero attached hydrogens (tertiary/aromatic N) is 1. The van der Waals surface area contributed by atoms with Gasteiger partial charge >= 0.3 is 0 Å². The molecule has 2 aromatic heterocycles. The maximum atomic E-state index is 14.9. The van der Waals surface area contributed by atoms with Crippen molar-refractivity contribution in [2.24, 2.45) is 0 Å². The molecule has 1 aromatic carbocycles. The summed E-state index contributed by atoms with van der Waals surface area (Å²) in [4.78, 5) is 19.9. The number of aromatic amines is 1. The third-order valence-corrected chi connectivity index (χ3v) is 5.67. The Hall–Kier alpha value is -2.74. The highest BCUT2D eigenvalue weighted by Crippen LogP contribution is 2.25. The first-order valence-electron chi connectivity index (χ1n) is 8.55. The number of Topliss-reactive ketones (excluding diaryl/α,β-unsaturated/α-hetero) is 1. The van der Waals surface area contributed by atoms with Gasteiger partial charge in [-0.3, -0.25) is 9.52 Å². The molecule has 8 heteroatoms. The van der Waals surface area contributed by atoms with Crippen LogP contribution in [-0.2, 0) is 16.4 Å². The van der Waals surface area contributed by atoms with Gasteiger partial charge in [-0.15, -0.1) is 0 Å². The van der Waals surface area contributed by atoms with E-state index in [1.807, 2.05) is 12.1 Å². The average Bonchev–Trinajstić information content (AvgIpc) is 3.05. The maximum absolute atomic E-state index is 14.9. The molecule has 142 valence electrons. The lowest BCUT2D eigenvalue weighted by Crippen LogP contribution is -2.18. The highest BCUT2D eigenvalue weighted by atomic mass is 32.2. The fourth-order valence-electron chi connectivity index (χ4n) is 2.94. The van der Waals surface area contributed by atoms with E-state index in [0.717, 1.165) is 5.39 Å². The van der Waals surface area contributed by atoms with Crippen LogP contribution in [0.3, 0.4) is 0 Å². The molecule has 2 heterocycles. The molecule has 0 fully saturated rings. The van der Waals surface area contributed by atoms with Crippen LogP contribution in [0.15, 0.2) is 36.7 Å². The van der Waals surface area contributed by atoms with E-state index in [-0.39, 0.29) is 23.4 Å². The first kappa shape index (κ1) is 19.0. The quantitative estimate of drug-likeness (QED) is 0.604. The van der Waals surface area contributed by atoms with Crippen molar-refractivity contribution in [3.05, 3.63) is 59.2 Å². The average molecular weight is 389 g/mol. The number of nitrogens with one attached hydrogen (secondary N) is 2. The minimum absolute atomic E-state index is 0.0307. The summed E-state index contributed by atoms with van der Waals surface area (Å²) in [5.74, 6) is -1.40. The van der Waals surface area contributed by atoms with Crippen molar-refractivity contribution in [3.63, 3.8) is 0 Å². The maximum Gasteiger partial charge on any atom is 0.232 e. The number of anilines is 1. The van der Waals surface area contributed by atoms with Crippen LogP contribution in [0.1, 0.15) is 34.8 Å². The zero-order valence-electron chi connectivity index (χ0n) is 15.0. The summed E-state index contributed by atoms with van der Waals surface area (Å²) < 4.78 is 41.0. The Morgan fingerprint density at radius 2 is 2.07 bits per heavy atom.